The number of methoxy groups -OCH3 is 2. The number of carbonyl (C=O) groups excluding carboxylic acids is 2. The summed E-state index contributed by atoms with van der Waals surface area (Å²) in [6.07, 6.45) is 1.38. The monoisotopic (exact) mass is 383 g/mol. The molecule has 1 aliphatic heterocycles. The van der Waals surface area contributed by atoms with Crippen molar-refractivity contribution in [1.29, 1.82) is 0 Å². The highest BCUT2D eigenvalue weighted by atomic mass is 16.5. The van der Waals surface area contributed by atoms with Crippen LogP contribution in [-0.2, 0) is 0 Å². The third kappa shape index (κ3) is 4.19. The molecule has 0 spiro atoms. The number of nitrogens with one attached hydrogen (secondary N) is 1. The van der Waals surface area contributed by atoms with E-state index in [1.54, 1.807) is 61.6 Å². The van der Waals surface area contributed by atoms with Crippen molar-refractivity contribution in [2.75, 3.05) is 33.0 Å². The number of piperidine rings is 1. The first-order valence-electron chi connectivity index (χ1n) is 9.20. The SMILES string of the molecule is COc1ccc(C(=O)N2CCC(NC(=O)c3ccccc3N)CC2)cc1OC. The molecule has 3 rings (SSSR count). The van der Waals surface area contributed by atoms with Crippen molar-refractivity contribution in [1.82, 2.24) is 10.2 Å². The van der Waals surface area contributed by atoms with Crippen LogP contribution in [0.15, 0.2) is 42.5 Å². The van der Waals surface area contributed by atoms with Crippen molar-refractivity contribution in [2.45, 2.75) is 18.9 Å². The standard InChI is InChI=1S/C21H25N3O4/c1-27-18-8-7-14(13-19(18)28-2)21(26)24-11-9-15(10-12-24)23-20(25)16-5-3-4-6-17(16)22/h3-8,13,15H,9-12,22H2,1-2H3,(H,23,25). The van der Waals surface area contributed by atoms with Gasteiger partial charge in [0.2, 0.25) is 0 Å². The number of hydrogen-bond acceptors (Lipinski definition) is 5. The van der Waals surface area contributed by atoms with Crippen LogP contribution in [0.1, 0.15) is 33.6 Å². The summed E-state index contributed by atoms with van der Waals surface area (Å²) in [6.45, 7) is 1.14. The summed E-state index contributed by atoms with van der Waals surface area (Å²) in [5.41, 5.74) is 7.35. The van der Waals surface area contributed by atoms with Crippen LogP contribution in [0.2, 0.25) is 0 Å². The Hall–Kier alpha value is -3.22. The van der Waals surface area contributed by atoms with Crippen LogP contribution in [0.5, 0.6) is 11.5 Å². The van der Waals surface area contributed by atoms with Gasteiger partial charge in [0.05, 0.1) is 19.8 Å². The normalized spacial score (nSPS) is 14.4. The highest BCUT2D eigenvalue weighted by Crippen LogP contribution is 2.28. The third-order valence-electron chi connectivity index (χ3n) is 4.95. The molecule has 0 unspecified atom stereocenters. The zero-order chi connectivity index (χ0) is 20.1. The number of nitrogen functional groups attached to an aromatic ring is 1. The number of nitrogens with two attached hydrogens (primary N) is 1. The van der Waals surface area contributed by atoms with Gasteiger partial charge in [-0.25, -0.2) is 0 Å². The van der Waals surface area contributed by atoms with Crippen LogP contribution < -0.4 is 20.5 Å². The van der Waals surface area contributed by atoms with Gasteiger partial charge in [-0.3, -0.25) is 9.59 Å². The topological polar surface area (TPSA) is 93.9 Å². The Morgan fingerprint density at radius 3 is 2.36 bits per heavy atom. The number of carbonyl (C=O) groups is 2. The molecule has 1 aliphatic rings. The third-order valence-corrected chi connectivity index (χ3v) is 4.95. The van der Waals surface area contributed by atoms with Gasteiger partial charge in [-0.15, -0.1) is 0 Å². The number of amides is 2. The zero-order valence-corrected chi connectivity index (χ0v) is 16.1. The Bertz CT molecular complexity index is 860. The van der Waals surface area contributed by atoms with Gasteiger partial charge in [-0.2, -0.15) is 0 Å². The molecule has 3 N–H and O–H groups in total. The lowest BCUT2D eigenvalue weighted by molar-refractivity contribution is 0.0697. The quantitative estimate of drug-likeness (QED) is 0.773. The Balaban J connectivity index is 1.58. The van der Waals surface area contributed by atoms with Gasteiger partial charge in [0.1, 0.15) is 0 Å². The molecule has 1 heterocycles. The number of rotatable bonds is 5. The van der Waals surface area contributed by atoms with Gasteiger partial charge in [0, 0.05) is 30.4 Å². The maximum atomic E-state index is 12.8. The van der Waals surface area contributed by atoms with E-state index in [0.29, 0.717) is 54.2 Å². The highest BCUT2D eigenvalue weighted by molar-refractivity contribution is 5.99. The fraction of sp³-hybridized carbons (Fsp3) is 0.333. The molecule has 0 bridgehead atoms. The number of ether oxygens (including phenoxy) is 2. The van der Waals surface area contributed by atoms with Gasteiger partial charge in [0.15, 0.2) is 11.5 Å². The van der Waals surface area contributed by atoms with Gasteiger partial charge < -0.3 is 25.4 Å². The van der Waals surface area contributed by atoms with Gasteiger partial charge in [-0.1, -0.05) is 12.1 Å². The Morgan fingerprint density at radius 2 is 1.71 bits per heavy atom. The summed E-state index contributed by atoms with van der Waals surface area (Å²) in [5, 5.41) is 3.02. The molecule has 2 aromatic rings. The van der Waals surface area contributed by atoms with E-state index in [1.807, 2.05) is 0 Å². The van der Waals surface area contributed by atoms with Gasteiger partial charge >= 0.3 is 0 Å². The minimum atomic E-state index is -0.178. The Labute approximate surface area is 164 Å². The van der Waals surface area contributed by atoms with Crippen molar-refractivity contribution in [3.8, 4) is 11.5 Å². The summed E-state index contributed by atoms with van der Waals surface area (Å²) in [6, 6.07) is 12.2. The van der Waals surface area contributed by atoms with E-state index in [2.05, 4.69) is 5.32 Å². The minimum Gasteiger partial charge on any atom is -0.493 e. The maximum absolute atomic E-state index is 12.8. The fourth-order valence-corrected chi connectivity index (χ4v) is 3.35. The first-order valence-corrected chi connectivity index (χ1v) is 9.20. The number of hydrogen-bond donors (Lipinski definition) is 2. The van der Waals surface area contributed by atoms with E-state index in [0.717, 1.165) is 0 Å². The lowest BCUT2D eigenvalue weighted by Crippen LogP contribution is -2.46. The smallest absolute Gasteiger partial charge is 0.253 e. The summed E-state index contributed by atoms with van der Waals surface area (Å²) < 4.78 is 10.5. The van der Waals surface area contributed by atoms with E-state index < -0.39 is 0 Å². The Morgan fingerprint density at radius 1 is 1.04 bits per heavy atom. The average molecular weight is 383 g/mol. The van der Waals surface area contributed by atoms with Gasteiger partial charge in [-0.05, 0) is 43.2 Å². The molecule has 0 atom stereocenters. The molecule has 1 saturated heterocycles. The molecule has 2 amide bonds. The van der Waals surface area contributed by atoms with E-state index in [-0.39, 0.29) is 17.9 Å². The second kappa shape index (κ2) is 8.65. The predicted octanol–water partition coefficient (Wildman–Crippen LogP) is 2.32. The molecule has 2 aromatic carbocycles. The fourth-order valence-electron chi connectivity index (χ4n) is 3.35. The first-order chi connectivity index (χ1) is 13.5. The number of anilines is 1. The number of likely N-dealkylation sites (tertiary alicyclic amines) is 1. The van der Waals surface area contributed by atoms with Crippen molar-refractivity contribution in [3.05, 3.63) is 53.6 Å². The largest absolute Gasteiger partial charge is 0.493 e. The van der Waals surface area contributed by atoms with Crippen LogP contribution in [0, 0.1) is 0 Å². The van der Waals surface area contributed by atoms with Crippen LogP contribution in [-0.4, -0.2) is 50.1 Å². The van der Waals surface area contributed by atoms with Crippen LogP contribution >= 0.6 is 0 Å². The molecule has 148 valence electrons. The summed E-state index contributed by atoms with van der Waals surface area (Å²) >= 11 is 0. The van der Waals surface area contributed by atoms with Gasteiger partial charge in [0.25, 0.3) is 11.8 Å². The Kier molecular flexibility index (Phi) is 6.03. The number of benzene rings is 2. The molecular weight excluding hydrogens is 358 g/mol. The van der Waals surface area contributed by atoms with E-state index in [4.69, 9.17) is 15.2 Å². The average Bonchev–Trinajstić information content (AvgIpc) is 2.73. The summed E-state index contributed by atoms with van der Waals surface area (Å²) in [7, 11) is 3.10. The van der Waals surface area contributed by atoms with Crippen molar-refractivity contribution < 1.29 is 19.1 Å². The molecule has 0 aromatic heterocycles. The zero-order valence-electron chi connectivity index (χ0n) is 16.1. The van der Waals surface area contributed by atoms with Crippen molar-refractivity contribution >= 4 is 17.5 Å². The van der Waals surface area contributed by atoms with E-state index in [1.165, 1.54) is 0 Å². The molecule has 0 aliphatic carbocycles. The predicted molar refractivity (Wildman–Crippen MR) is 107 cm³/mol. The lowest BCUT2D eigenvalue weighted by Gasteiger charge is -2.32. The number of para-hydroxylation sites is 1. The molecule has 7 heteroatoms. The second-order valence-electron chi connectivity index (χ2n) is 6.70. The maximum Gasteiger partial charge on any atom is 0.253 e. The van der Waals surface area contributed by atoms with E-state index >= 15 is 0 Å². The minimum absolute atomic E-state index is 0.0153. The van der Waals surface area contributed by atoms with Crippen LogP contribution in [0.4, 0.5) is 5.69 Å². The molecule has 28 heavy (non-hydrogen) atoms. The molecular formula is C21H25N3O4. The van der Waals surface area contributed by atoms with Crippen molar-refractivity contribution in [2.24, 2.45) is 0 Å². The molecule has 0 saturated carbocycles. The molecule has 0 radical (unpaired) electrons. The molecule has 1 fully saturated rings. The summed E-state index contributed by atoms with van der Waals surface area (Å²) in [5.74, 6) is 0.873. The first kappa shape index (κ1) is 19.5. The highest BCUT2D eigenvalue weighted by Gasteiger charge is 2.25. The van der Waals surface area contributed by atoms with Crippen LogP contribution in [0.25, 0.3) is 0 Å². The second-order valence-corrected chi connectivity index (χ2v) is 6.70. The summed E-state index contributed by atoms with van der Waals surface area (Å²) in [4.78, 5) is 27.0. The van der Waals surface area contributed by atoms with Crippen LogP contribution in [0.3, 0.4) is 0 Å². The van der Waals surface area contributed by atoms with E-state index in [9.17, 15) is 9.59 Å². The lowest BCUT2D eigenvalue weighted by atomic mass is 10.0. The number of nitrogens with zero attached hydrogens (tertiary/aromatic N) is 1. The van der Waals surface area contributed by atoms with Crippen molar-refractivity contribution in [3.63, 3.8) is 0 Å². The molecule has 7 nitrogen and oxygen atoms in total.